The molecule has 1 nitrogen and oxygen atoms in total. The summed E-state index contributed by atoms with van der Waals surface area (Å²) in [6.07, 6.45) is 0. The maximum atomic E-state index is 7.00. The number of aliphatic hydroxyl groups excluding tert-OH is 1. The van der Waals surface area contributed by atoms with E-state index in [1.165, 1.54) is 0 Å². The Morgan fingerprint density at radius 1 is 1.20 bits per heavy atom. The molecule has 0 unspecified atom stereocenters. The Balaban J connectivity index is -0.000000000833. The molecule has 0 aromatic rings. The molecule has 0 aromatic carbocycles. The zero-order valence-corrected chi connectivity index (χ0v) is 8.45. The summed E-state index contributed by atoms with van der Waals surface area (Å²) < 4.78 is 0. The van der Waals surface area contributed by atoms with Crippen LogP contribution >= 0.6 is 0 Å². The Morgan fingerprint density at radius 3 is 1.20 bits per heavy atom. The molecule has 0 fully saturated rings. The number of hydrogen-bond acceptors (Lipinski definition) is 1. The number of hydrogen-bond donors (Lipinski definition) is 1. The number of rotatable bonds is 0. The van der Waals surface area contributed by atoms with E-state index in [1.54, 1.807) is 0 Å². The normalized spacial score (nSPS) is 1.20. The van der Waals surface area contributed by atoms with Gasteiger partial charge in [0.05, 0.1) is 0 Å². The minimum atomic E-state index is 0. The van der Waals surface area contributed by atoms with E-state index in [1.807, 2.05) is 0 Å². The monoisotopic (exact) mass is 94.0 g/mol. The second-order valence-electron chi connectivity index (χ2n) is 0. The SMILES string of the molecule is CO.[CH3-].[H-].[Na+].[Na+]. The fourth-order valence-electron chi connectivity index (χ4n) is 0. The Kier molecular flexibility index (Phi) is 215. The van der Waals surface area contributed by atoms with Gasteiger partial charge in [0.2, 0.25) is 0 Å². The minimum Gasteiger partial charge on any atom is -1.00 e. The molecule has 0 rings (SSSR count). The van der Waals surface area contributed by atoms with Crippen LogP contribution in [-0.4, -0.2) is 12.2 Å². The summed E-state index contributed by atoms with van der Waals surface area (Å²) in [5.41, 5.74) is 0. The van der Waals surface area contributed by atoms with Crippen molar-refractivity contribution in [3.05, 3.63) is 7.43 Å². The topological polar surface area (TPSA) is 20.2 Å². The summed E-state index contributed by atoms with van der Waals surface area (Å²) in [7, 11) is 1.00. The Hall–Kier alpha value is 1.96. The van der Waals surface area contributed by atoms with Crippen molar-refractivity contribution >= 4 is 0 Å². The van der Waals surface area contributed by atoms with E-state index in [9.17, 15) is 0 Å². The van der Waals surface area contributed by atoms with Crippen LogP contribution in [-0.2, 0) is 0 Å². The molecule has 0 aromatic heterocycles. The minimum absolute atomic E-state index is 0. The molecular weight excluding hydrogens is 86.0 g/mol. The van der Waals surface area contributed by atoms with Gasteiger partial charge in [0.1, 0.15) is 0 Å². The van der Waals surface area contributed by atoms with Crippen LogP contribution in [0, 0.1) is 7.43 Å². The Bertz CT molecular complexity index is 11.5. The molecule has 0 saturated heterocycles. The molecule has 5 heavy (non-hydrogen) atoms. The van der Waals surface area contributed by atoms with E-state index in [0.717, 1.165) is 7.11 Å². The van der Waals surface area contributed by atoms with Gasteiger partial charge in [0.15, 0.2) is 0 Å². The molecule has 0 radical (unpaired) electrons. The first-order valence-corrected chi connectivity index (χ1v) is 0.447. The van der Waals surface area contributed by atoms with Gasteiger partial charge in [-0.1, -0.05) is 0 Å². The second kappa shape index (κ2) is 38.2. The van der Waals surface area contributed by atoms with Gasteiger partial charge in [-0.3, -0.25) is 0 Å². The van der Waals surface area contributed by atoms with E-state index in [-0.39, 0.29) is 68.0 Å². The molecule has 0 aliphatic carbocycles. The van der Waals surface area contributed by atoms with Gasteiger partial charge in [0.25, 0.3) is 0 Å². The van der Waals surface area contributed by atoms with Crippen LogP contribution < -0.4 is 59.1 Å². The molecule has 0 bridgehead atoms. The maximum Gasteiger partial charge on any atom is 1.00 e. The summed E-state index contributed by atoms with van der Waals surface area (Å²) in [5, 5.41) is 7.00. The Labute approximate surface area is 79.2 Å². The molecule has 24 valence electrons. The van der Waals surface area contributed by atoms with Crippen molar-refractivity contribution in [3.8, 4) is 0 Å². The molecule has 0 aliphatic rings. The van der Waals surface area contributed by atoms with Crippen LogP contribution in [0.25, 0.3) is 0 Å². The predicted molar refractivity (Wildman–Crippen MR) is 15.7 cm³/mol. The standard InChI is InChI=1S/CH4O.CH3.2Na.H/c1-2;;;;/h2H,1H3;1H3;;;/q;-1;2*+1;-1. The largest absolute Gasteiger partial charge is 1.00 e. The summed E-state index contributed by atoms with van der Waals surface area (Å²) >= 11 is 0. The fourth-order valence-corrected chi connectivity index (χ4v) is 0. The zero-order chi connectivity index (χ0) is 2.00. The zero-order valence-electron chi connectivity index (χ0n) is 5.45. The molecule has 0 spiro atoms. The van der Waals surface area contributed by atoms with E-state index in [4.69, 9.17) is 5.11 Å². The van der Waals surface area contributed by atoms with E-state index in [0.29, 0.717) is 0 Å². The van der Waals surface area contributed by atoms with Gasteiger partial charge in [0, 0.05) is 7.11 Å². The molecule has 0 amide bonds. The van der Waals surface area contributed by atoms with Crippen molar-refractivity contribution in [2.45, 2.75) is 0 Å². The van der Waals surface area contributed by atoms with Crippen LogP contribution in [0.3, 0.4) is 0 Å². The van der Waals surface area contributed by atoms with E-state index >= 15 is 0 Å². The first-order chi connectivity index (χ1) is 1.00. The first-order valence-electron chi connectivity index (χ1n) is 0.447. The molecule has 0 saturated carbocycles. The summed E-state index contributed by atoms with van der Waals surface area (Å²) in [5.74, 6) is 0. The quantitative estimate of drug-likeness (QED) is 0.234. The van der Waals surface area contributed by atoms with Crippen LogP contribution in [0.5, 0.6) is 0 Å². The van der Waals surface area contributed by atoms with Gasteiger partial charge >= 0.3 is 59.1 Å². The second-order valence-corrected chi connectivity index (χ2v) is 0. The maximum absolute atomic E-state index is 7.00. The molecule has 0 aliphatic heterocycles. The van der Waals surface area contributed by atoms with Gasteiger partial charge in [-0.25, -0.2) is 0 Å². The summed E-state index contributed by atoms with van der Waals surface area (Å²) in [6, 6.07) is 0. The molecule has 3 heteroatoms. The molecular formula is C2H8Na2O. The third-order valence-electron chi connectivity index (χ3n) is 0. The smallest absolute Gasteiger partial charge is 1.00 e. The summed E-state index contributed by atoms with van der Waals surface area (Å²) in [4.78, 5) is 0. The van der Waals surface area contributed by atoms with Crippen molar-refractivity contribution in [2.24, 2.45) is 0 Å². The van der Waals surface area contributed by atoms with Crippen LogP contribution in [0.15, 0.2) is 0 Å². The van der Waals surface area contributed by atoms with Crippen molar-refractivity contribution in [3.63, 3.8) is 0 Å². The first kappa shape index (κ1) is 28.2. The van der Waals surface area contributed by atoms with E-state index in [2.05, 4.69) is 0 Å². The van der Waals surface area contributed by atoms with Crippen LogP contribution in [0.1, 0.15) is 1.43 Å². The predicted octanol–water partition coefficient (Wildman–Crippen LogP) is -5.82. The number of aliphatic hydroxyl groups is 1. The third-order valence-corrected chi connectivity index (χ3v) is 0. The van der Waals surface area contributed by atoms with Gasteiger partial charge in [-0.2, -0.15) is 0 Å². The fraction of sp³-hybridized carbons (Fsp3) is 0.500. The molecule has 1 N–H and O–H groups in total. The average molecular weight is 94.1 g/mol. The third kappa shape index (κ3) is 24.3. The van der Waals surface area contributed by atoms with Crippen molar-refractivity contribution in [1.29, 1.82) is 0 Å². The van der Waals surface area contributed by atoms with Crippen LogP contribution in [0.4, 0.5) is 0 Å². The van der Waals surface area contributed by atoms with Crippen molar-refractivity contribution in [2.75, 3.05) is 7.11 Å². The van der Waals surface area contributed by atoms with Crippen molar-refractivity contribution < 1.29 is 65.6 Å². The molecule has 0 heterocycles. The Morgan fingerprint density at radius 2 is 1.20 bits per heavy atom. The average Bonchev–Trinajstić information content (AvgIpc) is 1.00. The van der Waals surface area contributed by atoms with Gasteiger partial charge in [-0.15, -0.1) is 0 Å². The van der Waals surface area contributed by atoms with Crippen molar-refractivity contribution in [1.82, 2.24) is 0 Å². The van der Waals surface area contributed by atoms with Crippen LogP contribution in [0.2, 0.25) is 0 Å². The van der Waals surface area contributed by atoms with Gasteiger partial charge < -0.3 is 14.0 Å². The van der Waals surface area contributed by atoms with E-state index < -0.39 is 0 Å². The molecule has 0 atom stereocenters. The van der Waals surface area contributed by atoms with Gasteiger partial charge in [-0.05, 0) is 0 Å². The summed E-state index contributed by atoms with van der Waals surface area (Å²) in [6.45, 7) is 0.